The predicted molar refractivity (Wildman–Crippen MR) is 105 cm³/mol. The van der Waals surface area contributed by atoms with Crippen molar-refractivity contribution in [2.45, 2.75) is 91.5 Å². The fourth-order valence-corrected chi connectivity index (χ4v) is 4.41. The number of rotatable bonds is 6. The monoisotopic (exact) mass is 363 g/mol. The van der Waals surface area contributed by atoms with Crippen LogP contribution in [0, 0.1) is 23.2 Å². The summed E-state index contributed by atoms with van der Waals surface area (Å²) < 4.78 is 5.38. The summed E-state index contributed by atoms with van der Waals surface area (Å²) in [6, 6.07) is -0.437. The first-order valence-electron chi connectivity index (χ1n) is 10.5. The molecule has 26 heavy (non-hydrogen) atoms. The van der Waals surface area contributed by atoms with E-state index in [9.17, 15) is 9.59 Å². The summed E-state index contributed by atoms with van der Waals surface area (Å²) in [6.45, 7) is 9.19. The smallest absolute Gasteiger partial charge is 0.348 e. The topological polar surface area (TPSA) is 55.7 Å². The molecule has 0 heterocycles. The summed E-state index contributed by atoms with van der Waals surface area (Å²) in [7, 11) is 0. The first-order chi connectivity index (χ1) is 12.3. The molecule has 4 nitrogen and oxygen atoms in total. The summed E-state index contributed by atoms with van der Waals surface area (Å²) in [4.78, 5) is 28.4. The molecule has 2 fully saturated rings. The van der Waals surface area contributed by atoms with Crippen LogP contribution >= 0.6 is 0 Å². The molecule has 4 heteroatoms. The molecule has 0 aromatic heterocycles. The number of carbonyl (C=O) groups excluding carboxylic acids is 2. The number of ketones is 1. The number of esters is 1. The van der Waals surface area contributed by atoms with Gasteiger partial charge in [-0.15, -0.1) is 0 Å². The standard InChI is InChI=1S/C22H37NO3/c1-16(21(25)18-8-6-5-7-9-18)23-14-20(24)26-15-17-10-12-19(13-11-17)22(2,3)4/h14,16-19H,5-13,15H2,1-4H3/t16-,17?,19?/m0/s1. The lowest BCUT2D eigenvalue weighted by Gasteiger charge is -2.36. The normalized spacial score (nSPS) is 26.6. The van der Waals surface area contributed by atoms with E-state index in [0.29, 0.717) is 17.9 Å². The first kappa shape index (κ1) is 21.1. The second kappa shape index (κ2) is 9.66. The maximum Gasteiger partial charge on any atom is 0.348 e. The Morgan fingerprint density at radius 2 is 1.65 bits per heavy atom. The Bertz CT molecular complexity index is 492. The van der Waals surface area contributed by atoms with Crippen molar-refractivity contribution in [3.63, 3.8) is 0 Å². The van der Waals surface area contributed by atoms with Crippen LogP contribution in [0.25, 0.3) is 0 Å². The lowest BCUT2D eigenvalue weighted by atomic mass is 9.70. The van der Waals surface area contributed by atoms with Crippen molar-refractivity contribution in [1.29, 1.82) is 0 Å². The molecule has 0 N–H and O–H groups in total. The van der Waals surface area contributed by atoms with Gasteiger partial charge >= 0.3 is 5.97 Å². The molecule has 0 radical (unpaired) electrons. The van der Waals surface area contributed by atoms with Crippen molar-refractivity contribution in [3.8, 4) is 0 Å². The van der Waals surface area contributed by atoms with Crippen molar-refractivity contribution in [2.24, 2.45) is 28.2 Å². The van der Waals surface area contributed by atoms with Gasteiger partial charge in [-0.3, -0.25) is 9.79 Å². The van der Waals surface area contributed by atoms with E-state index in [1.165, 1.54) is 25.5 Å². The van der Waals surface area contributed by atoms with E-state index in [1.807, 2.05) is 0 Å². The van der Waals surface area contributed by atoms with Crippen LogP contribution in [0.2, 0.25) is 0 Å². The average Bonchev–Trinajstić information content (AvgIpc) is 2.64. The molecular weight excluding hydrogens is 326 g/mol. The Morgan fingerprint density at radius 1 is 1.04 bits per heavy atom. The summed E-state index contributed by atoms with van der Waals surface area (Å²) >= 11 is 0. The molecule has 2 rings (SSSR count). The van der Waals surface area contributed by atoms with Crippen LogP contribution in [-0.2, 0) is 14.3 Å². The van der Waals surface area contributed by atoms with Crippen molar-refractivity contribution >= 4 is 18.0 Å². The highest BCUT2D eigenvalue weighted by Gasteiger charge is 2.30. The van der Waals surface area contributed by atoms with Gasteiger partial charge in [0.1, 0.15) is 12.3 Å². The summed E-state index contributed by atoms with van der Waals surface area (Å²) in [5.74, 6) is 1.13. The predicted octanol–water partition coefficient (Wildman–Crippen LogP) is 4.99. The Morgan fingerprint density at radius 3 is 2.23 bits per heavy atom. The largest absolute Gasteiger partial charge is 0.461 e. The molecule has 148 valence electrons. The van der Waals surface area contributed by atoms with Crippen LogP contribution in [0.3, 0.4) is 0 Å². The number of nitrogens with zero attached hydrogens (tertiary/aromatic N) is 1. The maximum atomic E-state index is 12.4. The summed E-state index contributed by atoms with van der Waals surface area (Å²) in [5, 5.41) is 0. The highest BCUT2D eigenvalue weighted by molar-refractivity contribution is 6.23. The van der Waals surface area contributed by atoms with Crippen LogP contribution < -0.4 is 0 Å². The molecule has 0 unspecified atom stereocenters. The van der Waals surface area contributed by atoms with Gasteiger partial charge in [-0.05, 0) is 62.7 Å². The van der Waals surface area contributed by atoms with Crippen molar-refractivity contribution < 1.29 is 14.3 Å². The lowest BCUT2D eigenvalue weighted by Crippen LogP contribution is -2.28. The van der Waals surface area contributed by atoms with Crippen LogP contribution in [-0.4, -0.2) is 30.6 Å². The minimum atomic E-state index is -0.437. The molecule has 0 spiro atoms. The van der Waals surface area contributed by atoms with Gasteiger partial charge < -0.3 is 4.74 Å². The molecule has 2 saturated carbocycles. The molecule has 0 aromatic carbocycles. The fraction of sp³-hybridized carbons (Fsp3) is 0.864. The number of Topliss-reactive ketones (excluding diaryl/α,β-unsaturated/α-hetero) is 1. The molecule has 2 aliphatic carbocycles. The van der Waals surface area contributed by atoms with Crippen LogP contribution in [0.5, 0.6) is 0 Å². The number of hydrogen-bond acceptors (Lipinski definition) is 4. The third-order valence-corrected chi connectivity index (χ3v) is 6.36. The van der Waals surface area contributed by atoms with Crippen molar-refractivity contribution in [3.05, 3.63) is 0 Å². The first-order valence-corrected chi connectivity index (χ1v) is 10.5. The van der Waals surface area contributed by atoms with Gasteiger partial charge in [-0.1, -0.05) is 40.0 Å². The summed E-state index contributed by atoms with van der Waals surface area (Å²) in [5.41, 5.74) is 0.370. The lowest BCUT2D eigenvalue weighted by molar-refractivity contribution is -0.136. The van der Waals surface area contributed by atoms with E-state index in [0.717, 1.165) is 44.4 Å². The van der Waals surface area contributed by atoms with Gasteiger partial charge in [0.05, 0.1) is 6.61 Å². The van der Waals surface area contributed by atoms with E-state index >= 15 is 0 Å². The highest BCUT2D eigenvalue weighted by atomic mass is 16.5. The molecule has 0 bridgehead atoms. The Hall–Kier alpha value is -1.19. The number of carbonyl (C=O) groups is 2. The fourth-order valence-electron chi connectivity index (χ4n) is 4.41. The molecule has 0 aliphatic heterocycles. The zero-order valence-electron chi connectivity index (χ0n) is 17.1. The van der Waals surface area contributed by atoms with Gasteiger partial charge in [0.25, 0.3) is 0 Å². The van der Waals surface area contributed by atoms with Crippen LogP contribution in [0.15, 0.2) is 4.99 Å². The second-order valence-corrected chi connectivity index (χ2v) is 9.41. The molecule has 2 aliphatic rings. The maximum absolute atomic E-state index is 12.4. The zero-order valence-corrected chi connectivity index (χ0v) is 17.1. The SMILES string of the molecule is C[C@H](N=CC(=O)OCC1CCC(C(C)(C)C)CC1)C(=O)C1CCCCC1. The minimum Gasteiger partial charge on any atom is -0.461 e. The Kier molecular flexibility index (Phi) is 7.85. The van der Waals surface area contributed by atoms with Gasteiger partial charge in [0, 0.05) is 5.92 Å². The van der Waals surface area contributed by atoms with Crippen molar-refractivity contribution in [2.75, 3.05) is 6.61 Å². The van der Waals surface area contributed by atoms with E-state index < -0.39 is 12.0 Å². The molecule has 1 atom stereocenters. The third kappa shape index (κ3) is 6.51. The van der Waals surface area contributed by atoms with Crippen LogP contribution in [0.4, 0.5) is 0 Å². The van der Waals surface area contributed by atoms with Gasteiger partial charge in [-0.25, -0.2) is 4.79 Å². The third-order valence-electron chi connectivity index (χ3n) is 6.36. The molecular formula is C22H37NO3. The summed E-state index contributed by atoms with van der Waals surface area (Å²) in [6.07, 6.45) is 11.3. The molecule has 0 saturated heterocycles. The Balaban J connectivity index is 1.68. The van der Waals surface area contributed by atoms with Gasteiger partial charge in [0.2, 0.25) is 0 Å². The quantitative estimate of drug-likeness (QED) is 0.493. The van der Waals surface area contributed by atoms with Crippen molar-refractivity contribution in [1.82, 2.24) is 0 Å². The second-order valence-electron chi connectivity index (χ2n) is 9.41. The number of aliphatic imine (C=N–C) groups is 1. The van der Waals surface area contributed by atoms with Gasteiger partial charge in [0.15, 0.2) is 5.78 Å². The van der Waals surface area contributed by atoms with Crippen LogP contribution in [0.1, 0.15) is 85.5 Å². The number of hydrogen-bond donors (Lipinski definition) is 0. The van der Waals surface area contributed by atoms with E-state index in [-0.39, 0.29) is 11.7 Å². The molecule has 0 aromatic rings. The van der Waals surface area contributed by atoms with Gasteiger partial charge in [-0.2, -0.15) is 0 Å². The molecule has 0 amide bonds. The Labute approximate surface area is 159 Å². The minimum absolute atomic E-state index is 0.130. The van der Waals surface area contributed by atoms with E-state index in [2.05, 4.69) is 25.8 Å². The van der Waals surface area contributed by atoms with E-state index in [1.54, 1.807) is 6.92 Å². The van der Waals surface area contributed by atoms with E-state index in [4.69, 9.17) is 4.74 Å². The average molecular weight is 364 g/mol. The highest BCUT2D eigenvalue weighted by Crippen LogP contribution is 2.39. The number of ether oxygens (including phenoxy) is 1. The zero-order chi connectivity index (χ0) is 19.2.